The lowest BCUT2D eigenvalue weighted by atomic mass is 10.00. The molecule has 0 bridgehead atoms. The van der Waals surface area contributed by atoms with E-state index in [-0.39, 0.29) is 18.6 Å². The highest BCUT2D eigenvalue weighted by molar-refractivity contribution is 5.92. The number of ether oxygens (including phenoxy) is 2. The number of esters is 1. The molecule has 0 fully saturated rings. The monoisotopic (exact) mass is 363 g/mol. The van der Waals surface area contributed by atoms with Crippen LogP contribution in [0.4, 0.5) is 0 Å². The molecule has 5 heteroatoms. The van der Waals surface area contributed by atoms with Crippen molar-refractivity contribution >= 4 is 22.6 Å². The number of amides is 1. The van der Waals surface area contributed by atoms with Crippen molar-refractivity contribution < 1.29 is 19.1 Å². The van der Waals surface area contributed by atoms with E-state index in [4.69, 9.17) is 9.47 Å². The Labute approximate surface area is 157 Å². The first kappa shape index (κ1) is 18.5. The Morgan fingerprint density at radius 1 is 1.00 bits per heavy atom. The molecule has 0 saturated carbocycles. The van der Waals surface area contributed by atoms with Crippen molar-refractivity contribution in [3.8, 4) is 5.75 Å². The fourth-order valence-electron chi connectivity index (χ4n) is 2.95. The molecular weight excluding hydrogens is 342 g/mol. The Bertz CT molecular complexity index is 962. The van der Waals surface area contributed by atoms with Gasteiger partial charge in [-0.25, -0.2) is 4.79 Å². The maximum atomic E-state index is 12.2. The van der Waals surface area contributed by atoms with E-state index in [9.17, 15) is 9.59 Å². The fourth-order valence-corrected chi connectivity index (χ4v) is 2.95. The summed E-state index contributed by atoms with van der Waals surface area (Å²) in [6.45, 7) is 1.56. The number of nitrogens with one attached hydrogen (secondary N) is 1. The quantitative estimate of drug-likeness (QED) is 0.675. The van der Waals surface area contributed by atoms with E-state index < -0.39 is 5.97 Å². The molecule has 138 valence electrons. The SMILES string of the molecule is COc1cccc(C(=O)OCC(=O)N[C@H](C)c2cccc3ccccc23)c1. The van der Waals surface area contributed by atoms with E-state index in [1.807, 2.05) is 49.4 Å². The van der Waals surface area contributed by atoms with Gasteiger partial charge in [0.05, 0.1) is 18.7 Å². The largest absolute Gasteiger partial charge is 0.497 e. The zero-order valence-electron chi connectivity index (χ0n) is 15.3. The molecule has 0 unspecified atom stereocenters. The fraction of sp³-hybridized carbons (Fsp3) is 0.182. The second-order valence-electron chi connectivity index (χ2n) is 6.17. The molecule has 1 N–H and O–H groups in total. The number of benzene rings is 3. The number of hydrogen-bond acceptors (Lipinski definition) is 4. The normalized spacial score (nSPS) is 11.6. The van der Waals surface area contributed by atoms with Crippen LogP contribution in [0.25, 0.3) is 10.8 Å². The molecule has 1 amide bonds. The number of rotatable bonds is 6. The Balaban J connectivity index is 1.61. The summed E-state index contributed by atoms with van der Waals surface area (Å²) in [7, 11) is 1.52. The minimum atomic E-state index is -0.568. The first-order valence-electron chi connectivity index (χ1n) is 8.66. The number of fused-ring (bicyclic) bond motifs is 1. The smallest absolute Gasteiger partial charge is 0.338 e. The summed E-state index contributed by atoms with van der Waals surface area (Å²) in [6.07, 6.45) is 0. The van der Waals surface area contributed by atoms with E-state index in [1.165, 1.54) is 7.11 Å². The molecule has 1 atom stereocenters. The van der Waals surface area contributed by atoms with Crippen LogP contribution < -0.4 is 10.1 Å². The van der Waals surface area contributed by atoms with Gasteiger partial charge in [0, 0.05) is 0 Å². The molecule has 0 aliphatic carbocycles. The number of carbonyl (C=O) groups is 2. The van der Waals surface area contributed by atoms with Crippen LogP contribution in [0.3, 0.4) is 0 Å². The summed E-state index contributed by atoms with van der Waals surface area (Å²) in [5.41, 5.74) is 1.35. The standard InChI is InChI=1S/C22H21NO4/c1-15(19-12-6-8-16-7-3-4-11-20(16)19)23-21(24)14-27-22(25)17-9-5-10-18(13-17)26-2/h3-13,15H,14H2,1-2H3,(H,23,24)/t15-/m1/s1. The molecule has 0 spiro atoms. The molecule has 0 aromatic heterocycles. The average molecular weight is 363 g/mol. The van der Waals surface area contributed by atoms with Gasteiger partial charge in [-0.05, 0) is 41.5 Å². The van der Waals surface area contributed by atoms with Gasteiger partial charge in [-0.15, -0.1) is 0 Å². The minimum absolute atomic E-state index is 0.209. The Kier molecular flexibility index (Phi) is 5.71. The van der Waals surface area contributed by atoms with E-state index in [1.54, 1.807) is 24.3 Å². The number of carbonyl (C=O) groups excluding carboxylic acids is 2. The van der Waals surface area contributed by atoms with Gasteiger partial charge < -0.3 is 14.8 Å². The van der Waals surface area contributed by atoms with Crippen LogP contribution in [0.15, 0.2) is 66.7 Å². The van der Waals surface area contributed by atoms with Gasteiger partial charge in [0.1, 0.15) is 5.75 Å². The summed E-state index contributed by atoms with van der Waals surface area (Å²) in [5, 5.41) is 5.07. The van der Waals surface area contributed by atoms with Gasteiger partial charge in [0.15, 0.2) is 6.61 Å². The second kappa shape index (κ2) is 8.36. The van der Waals surface area contributed by atoms with Gasteiger partial charge in [-0.3, -0.25) is 4.79 Å². The van der Waals surface area contributed by atoms with Gasteiger partial charge in [0.25, 0.3) is 5.91 Å². The zero-order chi connectivity index (χ0) is 19.2. The second-order valence-corrected chi connectivity index (χ2v) is 6.17. The summed E-state index contributed by atoms with van der Waals surface area (Å²) >= 11 is 0. The van der Waals surface area contributed by atoms with E-state index in [0.717, 1.165) is 16.3 Å². The van der Waals surface area contributed by atoms with Gasteiger partial charge in [-0.2, -0.15) is 0 Å². The molecule has 3 aromatic carbocycles. The lowest BCUT2D eigenvalue weighted by Crippen LogP contribution is -2.31. The van der Waals surface area contributed by atoms with Crippen molar-refractivity contribution in [2.45, 2.75) is 13.0 Å². The third-order valence-electron chi connectivity index (χ3n) is 4.31. The Morgan fingerprint density at radius 3 is 2.56 bits per heavy atom. The van der Waals surface area contributed by atoms with Crippen molar-refractivity contribution in [2.24, 2.45) is 0 Å². The Hall–Kier alpha value is -3.34. The van der Waals surface area contributed by atoms with Crippen LogP contribution in [-0.2, 0) is 9.53 Å². The van der Waals surface area contributed by atoms with Gasteiger partial charge in [0.2, 0.25) is 0 Å². The summed E-state index contributed by atoms with van der Waals surface area (Å²) < 4.78 is 10.2. The van der Waals surface area contributed by atoms with Crippen LogP contribution in [0, 0.1) is 0 Å². The van der Waals surface area contributed by atoms with Crippen molar-refractivity contribution in [1.29, 1.82) is 0 Å². The molecule has 3 aromatic rings. The highest BCUT2D eigenvalue weighted by Gasteiger charge is 2.15. The molecule has 3 rings (SSSR count). The topological polar surface area (TPSA) is 64.6 Å². The zero-order valence-corrected chi connectivity index (χ0v) is 15.3. The highest BCUT2D eigenvalue weighted by Crippen LogP contribution is 2.24. The number of methoxy groups -OCH3 is 1. The van der Waals surface area contributed by atoms with E-state index in [2.05, 4.69) is 5.32 Å². The molecule has 5 nitrogen and oxygen atoms in total. The summed E-state index contributed by atoms with van der Waals surface area (Å²) in [5.74, 6) is -0.368. The molecule has 0 heterocycles. The molecule has 0 saturated heterocycles. The highest BCUT2D eigenvalue weighted by atomic mass is 16.5. The van der Waals surface area contributed by atoms with Crippen molar-refractivity contribution in [2.75, 3.05) is 13.7 Å². The molecule has 27 heavy (non-hydrogen) atoms. The van der Waals surface area contributed by atoms with Crippen LogP contribution in [0.2, 0.25) is 0 Å². The van der Waals surface area contributed by atoms with Gasteiger partial charge in [-0.1, -0.05) is 48.5 Å². The number of hydrogen-bond donors (Lipinski definition) is 1. The van der Waals surface area contributed by atoms with Crippen LogP contribution in [0.5, 0.6) is 5.75 Å². The minimum Gasteiger partial charge on any atom is -0.497 e. The molecule has 0 aliphatic rings. The van der Waals surface area contributed by atoms with Gasteiger partial charge >= 0.3 is 5.97 Å². The molecular formula is C22H21NO4. The lowest BCUT2D eigenvalue weighted by molar-refractivity contribution is -0.124. The summed E-state index contributed by atoms with van der Waals surface area (Å²) in [6, 6.07) is 20.4. The lowest BCUT2D eigenvalue weighted by Gasteiger charge is -2.16. The van der Waals surface area contributed by atoms with Crippen LogP contribution >= 0.6 is 0 Å². The molecule has 0 radical (unpaired) electrons. The third kappa shape index (κ3) is 4.44. The Morgan fingerprint density at radius 2 is 1.74 bits per heavy atom. The first-order valence-corrected chi connectivity index (χ1v) is 8.66. The summed E-state index contributed by atoms with van der Waals surface area (Å²) in [4.78, 5) is 24.3. The van der Waals surface area contributed by atoms with Crippen LogP contribution in [-0.4, -0.2) is 25.6 Å². The average Bonchev–Trinajstić information content (AvgIpc) is 2.71. The van der Waals surface area contributed by atoms with E-state index in [0.29, 0.717) is 11.3 Å². The maximum Gasteiger partial charge on any atom is 0.338 e. The van der Waals surface area contributed by atoms with Crippen LogP contribution in [0.1, 0.15) is 28.9 Å². The predicted octanol–water partition coefficient (Wildman–Crippen LogP) is 3.88. The third-order valence-corrected chi connectivity index (χ3v) is 4.31. The van der Waals surface area contributed by atoms with Crippen molar-refractivity contribution in [3.05, 3.63) is 77.9 Å². The first-order chi connectivity index (χ1) is 13.1. The van der Waals surface area contributed by atoms with E-state index >= 15 is 0 Å². The van der Waals surface area contributed by atoms with Crippen molar-refractivity contribution in [1.82, 2.24) is 5.32 Å². The maximum absolute atomic E-state index is 12.2. The predicted molar refractivity (Wildman–Crippen MR) is 104 cm³/mol. The molecule has 0 aliphatic heterocycles. The van der Waals surface area contributed by atoms with Crippen molar-refractivity contribution in [3.63, 3.8) is 0 Å².